The minimum absolute atomic E-state index is 0.0110. The molecule has 4 heterocycles. The van der Waals surface area contributed by atoms with Crippen LogP contribution in [0.1, 0.15) is 70.6 Å². The van der Waals surface area contributed by atoms with E-state index in [9.17, 15) is 27.6 Å². The summed E-state index contributed by atoms with van der Waals surface area (Å²) in [5.74, 6) is -1.48. The lowest BCUT2D eigenvalue weighted by atomic mass is 9.94. The lowest BCUT2D eigenvalue weighted by molar-refractivity contribution is -0.145. The monoisotopic (exact) mass is 826 g/mol. The highest BCUT2D eigenvalue weighted by Crippen LogP contribution is 2.46. The average Bonchev–Trinajstić information content (AvgIpc) is 4.12. The molecule has 2 saturated carbocycles. The summed E-state index contributed by atoms with van der Waals surface area (Å²) in [7, 11) is -2.31. The van der Waals surface area contributed by atoms with Gasteiger partial charge in [-0.15, -0.1) is 0 Å². The number of nitrogens with zero attached hydrogens (tertiary/aromatic N) is 3. The first-order valence-electron chi connectivity index (χ1n) is 21.0. The topological polar surface area (TPSA) is 190 Å². The second-order valence-corrected chi connectivity index (χ2v) is 18.8. The number of ether oxygens (including phenoxy) is 2. The van der Waals surface area contributed by atoms with Gasteiger partial charge in [-0.3, -0.25) is 23.9 Å². The number of hydrogen-bond donors (Lipinski definition) is 3. The van der Waals surface area contributed by atoms with Gasteiger partial charge in [0.1, 0.15) is 29.2 Å². The fourth-order valence-electron chi connectivity index (χ4n) is 8.91. The number of rotatable bonds is 10. The van der Waals surface area contributed by atoms with Gasteiger partial charge in [0.25, 0.3) is 5.91 Å². The van der Waals surface area contributed by atoms with Gasteiger partial charge >= 0.3 is 0 Å². The van der Waals surface area contributed by atoms with E-state index in [4.69, 9.17) is 20.2 Å². The number of aromatic nitrogens is 1. The lowest BCUT2D eigenvalue weighted by Crippen LogP contribution is -2.57. The van der Waals surface area contributed by atoms with E-state index in [1.807, 2.05) is 66.7 Å². The Bertz CT molecular complexity index is 2230. The Labute approximate surface area is 345 Å². The van der Waals surface area contributed by atoms with E-state index in [0.717, 1.165) is 43.1 Å². The number of methoxy groups -OCH3 is 1. The van der Waals surface area contributed by atoms with E-state index in [0.29, 0.717) is 61.6 Å². The number of pyridine rings is 1. The first kappa shape index (κ1) is 40.7. The van der Waals surface area contributed by atoms with E-state index in [1.165, 1.54) is 4.90 Å². The minimum Gasteiger partial charge on any atom is -0.497 e. The second-order valence-electron chi connectivity index (χ2n) is 16.9. The fraction of sp³-hybridized carbons (Fsp3) is 0.523. The van der Waals surface area contributed by atoms with Crippen LogP contribution >= 0.6 is 0 Å². The predicted octanol–water partition coefficient (Wildman–Crippen LogP) is 4.08. The van der Waals surface area contributed by atoms with Gasteiger partial charge in [-0.25, -0.2) is 13.4 Å². The van der Waals surface area contributed by atoms with Crippen LogP contribution in [0.15, 0.2) is 66.7 Å². The van der Waals surface area contributed by atoms with Crippen molar-refractivity contribution in [2.45, 2.75) is 93.6 Å². The molecule has 0 bridgehead atoms. The summed E-state index contributed by atoms with van der Waals surface area (Å²) in [6, 6.07) is 16.0. The van der Waals surface area contributed by atoms with Gasteiger partial charge in [-0.2, -0.15) is 0 Å². The van der Waals surface area contributed by atoms with E-state index in [-0.39, 0.29) is 43.5 Å². The van der Waals surface area contributed by atoms with Crippen molar-refractivity contribution < 1.29 is 37.1 Å². The Kier molecular flexibility index (Phi) is 11.7. The molecule has 14 nitrogen and oxygen atoms in total. The standard InChI is InChI=1S/C44H54N6O8S/c1-57-32-14-17-35-37(21-32)46-36(29-10-7-5-8-11-29)23-39(35)58-33-22-38-41(52)47-44(43(54)48-59(55,56)34-15-16-34)24-31(44)13-9-4-2-3-6-12-30(42(53)50(38)27-33)20-40(51)49-19-18-28(25-45)26-49/h5,7-11,13-14,17,21,23,28,30-31,33-34,38H,2-4,6,12,15-16,18-20,22,24-27,45H2,1H3,(H,47,52)(H,48,54)/b13-9-/t28-,30+,31?,33+,38-,44+/m0/s1. The molecule has 4 amide bonds. The molecule has 8 rings (SSSR count). The van der Waals surface area contributed by atoms with Crippen LogP contribution in [0, 0.1) is 17.8 Å². The van der Waals surface area contributed by atoms with E-state index < -0.39 is 56.6 Å². The van der Waals surface area contributed by atoms with Crippen LogP contribution in [-0.4, -0.2) is 103 Å². The Hall–Kier alpha value is -5.02. The quantitative estimate of drug-likeness (QED) is 0.251. The summed E-state index contributed by atoms with van der Waals surface area (Å²) in [6.45, 7) is 1.70. The van der Waals surface area contributed by atoms with Crippen LogP contribution in [0.25, 0.3) is 22.2 Å². The van der Waals surface area contributed by atoms with Crippen molar-refractivity contribution in [2.75, 3.05) is 33.3 Å². The largest absolute Gasteiger partial charge is 0.497 e. The van der Waals surface area contributed by atoms with Gasteiger partial charge in [-0.05, 0) is 69.5 Å². The van der Waals surface area contributed by atoms with Crippen LogP contribution < -0.4 is 25.2 Å². The molecule has 2 aromatic carbocycles. The molecule has 0 radical (unpaired) electrons. The molecular formula is C44H54N6O8S. The van der Waals surface area contributed by atoms with Crippen LogP contribution in [-0.2, 0) is 29.2 Å². The van der Waals surface area contributed by atoms with Gasteiger partial charge in [0.05, 0.1) is 30.1 Å². The maximum atomic E-state index is 14.9. The molecule has 4 fully saturated rings. The van der Waals surface area contributed by atoms with Crippen LogP contribution in [0.4, 0.5) is 0 Å². The number of nitrogens with one attached hydrogen (secondary N) is 2. The van der Waals surface area contributed by atoms with Crippen molar-refractivity contribution in [3.8, 4) is 22.8 Å². The molecule has 2 saturated heterocycles. The summed E-state index contributed by atoms with van der Waals surface area (Å²) in [6.07, 6.45) is 8.93. The van der Waals surface area contributed by atoms with Crippen LogP contribution in [0.2, 0.25) is 0 Å². The Morgan fingerprint density at radius 2 is 1.83 bits per heavy atom. The highest BCUT2D eigenvalue weighted by Gasteiger charge is 2.62. The van der Waals surface area contributed by atoms with Crippen molar-refractivity contribution >= 4 is 44.6 Å². The molecule has 59 heavy (non-hydrogen) atoms. The number of nitrogens with two attached hydrogens (primary N) is 1. The van der Waals surface area contributed by atoms with Crippen molar-refractivity contribution in [3.05, 3.63) is 66.7 Å². The van der Waals surface area contributed by atoms with Crippen LogP contribution in [0.5, 0.6) is 11.5 Å². The predicted molar refractivity (Wildman–Crippen MR) is 221 cm³/mol. The number of carbonyl (C=O) groups is 4. The summed E-state index contributed by atoms with van der Waals surface area (Å²) < 4.78 is 40.4. The van der Waals surface area contributed by atoms with E-state index in [2.05, 4.69) is 10.0 Å². The maximum absolute atomic E-state index is 14.9. The number of fused-ring (bicyclic) bond motifs is 3. The highest BCUT2D eigenvalue weighted by atomic mass is 32.2. The molecule has 2 aliphatic carbocycles. The molecule has 1 aromatic heterocycles. The Morgan fingerprint density at radius 3 is 2.58 bits per heavy atom. The number of benzene rings is 2. The molecule has 0 spiro atoms. The third-order valence-corrected chi connectivity index (χ3v) is 14.5. The molecule has 3 aliphatic heterocycles. The van der Waals surface area contributed by atoms with Crippen molar-refractivity contribution in [2.24, 2.45) is 23.5 Å². The number of hydrogen-bond acceptors (Lipinski definition) is 10. The SMILES string of the molecule is COc1ccc2c(O[C@@H]3C[C@H]4C(=O)N[C@]5(C(=O)NS(=O)(=O)C6CC6)CC5/C=C\CCCCC[C@H](CC(=O)N5CC[C@@H](CN)C5)C(=O)N4C3)cc(-c3ccccc3)nc2c1. The summed E-state index contributed by atoms with van der Waals surface area (Å²) in [5.41, 5.74) is 6.62. The average molecular weight is 827 g/mol. The number of carbonyl (C=O) groups excluding carboxylic acids is 4. The number of allylic oxidation sites excluding steroid dienone is 1. The Morgan fingerprint density at radius 1 is 1.02 bits per heavy atom. The zero-order valence-corrected chi connectivity index (χ0v) is 34.3. The third-order valence-electron chi connectivity index (χ3n) is 12.7. The van der Waals surface area contributed by atoms with Crippen molar-refractivity contribution in [1.82, 2.24) is 24.8 Å². The molecule has 6 atom stereocenters. The smallest absolute Gasteiger partial charge is 0.259 e. The molecule has 1 unspecified atom stereocenters. The first-order valence-corrected chi connectivity index (χ1v) is 22.6. The fourth-order valence-corrected chi connectivity index (χ4v) is 10.3. The Balaban J connectivity index is 1.12. The lowest BCUT2D eigenvalue weighted by Gasteiger charge is -2.30. The zero-order valence-electron chi connectivity index (χ0n) is 33.5. The van der Waals surface area contributed by atoms with E-state index in [1.54, 1.807) is 12.0 Å². The van der Waals surface area contributed by atoms with E-state index >= 15 is 0 Å². The van der Waals surface area contributed by atoms with Crippen LogP contribution in [0.3, 0.4) is 0 Å². The summed E-state index contributed by atoms with van der Waals surface area (Å²) >= 11 is 0. The summed E-state index contributed by atoms with van der Waals surface area (Å²) in [4.78, 5) is 65.4. The number of likely N-dealkylation sites (tertiary alicyclic amines) is 1. The zero-order chi connectivity index (χ0) is 41.3. The first-order chi connectivity index (χ1) is 28.5. The molecule has 15 heteroatoms. The molecule has 4 N–H and O–H groups in total. The summed E-state index contributed by atoms with van der Waals surface area (Å²) in [5, 5.41) is 3.05. The molecular weight excluding hydrogens is 773 g/mol. The molecule has 314 valence electrons. The third kappa shape index (κ3) is 8.82. The minimum atomic E-state index is -3.89. The molecule has 5 aliphatic rings. The van der Waals surface area contributed by atoms with Gasteiger partial charge in [-0.1, -0.05) is 55.3 Å². The maximum Gasteiger partial charge on any atom is 0.259 e. The highest BCUT2D eigenvalue weighted by molar-refractivity contribution is 7.91. The van der Waals surface area contributed by atoms with Crippen molar-refractivity contribution in [3.63, 3.8) is 0 Å². The van der Waals surface area contributed by atoms with Crippen molar-refractivity contribution in [1.29, 1.82) is 0 Å². The second kappa shape index (κ2) is 16.9. The van der Waals surface area contributed by atoms with Gasteiger partial charge < -0.3 is 30.3 Å². The van der Waals surface area contributed by atoms with Gasteiger partial charge in [0.2, 0.25) is 27.7 Å². The molecule has 3 aromatic rings. The van der Waals surface area contributed by atoms with Gasteiger partial charge in [0.15, 0.2) is 0 Å². The number of sulfonamides is 1. The number of amides is 4. The van der Waals surface area contributed by atoms with Gasteiger partial charge in [0, 0.05) is 60.8 Å². The normalized spacial score (nSPS) is 28.1.